The van der Waals surface area contributed by atoms with E-state index in [2.05, 4.69) is 5.32 Å². The van der Waals surface area contributed by atoms with Crippen LogP contribution in [0.5, 0.6) is 11.5 Å². The first kappa shape index (κ1) is 20.1. The molecule has 0 aliphatic carbocycles. The van der Waals surface area contributed by atoms with Crippen LogP contribution in [0.25, 0.3) is 10.9 Å². The van der Waals surface area contributed by atoms with Gasteiger partial charge in [0.2, 0.25) is 12.7 Å². The van der Waals surface area contributed by atoms with E-state index in [0.717, 1.165) is 37.9 Å². The molecule has 0 bridgehead atoms. The summed E-state index contributed by atoms with van der Waals surface area (Å²) in [6.07, 6.45) is 4.78. The van der Waals surface area contributed by atoms with Crippen molar-refractivity contribution in [2.75, 3.05) is 25.2 Å². The third kappa shape index (κ3) is 3.79. The third-order valence-electron chi connectivity index (χ3n) is 5.88. The molecule has 3 aromatic rings. The van der Waals surface area contributed by atoms with Crippen LogP contribution in [0.2, 0.25) is 0 Å². The topological polar surface area (TPSA) is 89.9 Å². The number of carbonyl (C=O) groups is 3. The van der Waals surface area contributed by atoms with Gasteiger partial charge in [-0.15, -0.1) is 0 Å². The molecule has 1 N–H and O–H groups in total. The van der Waals surface area contributed by atoms with Crippen molar-refractivity contribution in [3.05, 3.63) is 54.2 Å². The largest absolute Gasteiger partial charge is 0.454 e. The number of fused-ring (bicyclic) bond motifs is 2. The maximum absolute atomic E-state index is 13.0. The number of piperidine rings is 1. The molecule has 1 fully saturated rings. The number of rotatable bonds is 5. The molecular formula is C24H23N3O5. The van der Waals surface area contributed by atoms with E-state index in [1.165, 1.54) is 0 Å². The van der Waals surface area contributed by atoms with Gasteiger partial charge in [-0.05, 0) is 37.5 Å². The Balaban J connectivity index is 1.37. The lowest BCUT2D eigenvalue weighted by molar-refractivity contribution is -0.132. The Kier molecular flexibility index (Phi) is 5.26. The van der Waals surface area contributed by atoms with E-state index in [1.807, 2.05) is 23.1 Å². The summed E-state index contributed by atoms with van der Waals surface area (Å²) in [5.74, 6) is -0.287. The molecule has 0 spiro atoms. The zero-order valence-electron chi connectivity index (χ0n) is 17.5. The van der Waals surface area contributed by atoms with Gasteiger partial charge in [-0.2, -0.15) is 0 Å². The molecule has 1 saturated heterocycles. The molecule has 0 unspecified atom stereocenters. The van der Waals surface area contributed by atoms with Gasteiger partial charge in [0, 0.05) is 41.9 Å². The highest BCUT2D eigenvalue weighted by Gasteiger charge is 2.24. The first-order valence-electron chi connectivity index (χ1n) is 10.7. The number of amides is 2. The fourth-order valence-electron chi connectivity index (χ4n) is 4.23. The van der Waals surface area contributed by atoms with Gasteiger partial charge in [0.1, 0.15) is 6.54 Å². The second-order valence-electron chi connectivity index (χ2n) is 7.98. The van der Waals surface area contributed by atoms with Crippen molar-refractivity contribution in [3.63, 3.8) is 0 Å². The van der Waals surface area contributed by atoms with Gasteiger partial charge in [0.05, 0.1) is 5.56 Å². The van der Waals surface area contributed by atoms with Crippen LogP contribution in [-0.4, -0.2) is 46.9 Å². The first-order valence-corrected chi connectivity index (χ1v) is 10.7. The van der Waals surface area contributed by atoms with Gasteiger partial charge in [0.15, 0.2) is 11.5 Å². The summed E-state index contributed by atoms with van der Waals surface area (Å²) in [5, 5.41) is 3.27. The lowest BCUT2D eigenvalue weighted by atomic mass is 10.1. The Hall–Kier alpha value is -3.81. The van der Waals surface area contributed by atoms with Crippen LogP contribution in [0.15, 0.2) is 48.7 Å². The van der Waals surface area contributed by atoms with E-state index in [9.17, 15) is 14.4 Å². The van der Waals surface area contributed by atoms with Gasteiger partial charge in [-0.1, -0.05) is 18.2 Å². The molecule has 2 aliphatic rings. The summed E-state index contributed by atoms with van der Waals surface area (Å²) in [6, 6.07) is 12.3. The molecule has 8 nitrogen and oxygen atoms in total. The highest BCUT2D eigenvalue weighted by Crippen LogP contribution is 2.34. The SMILES string of the molecule is O=C(Nc1ccc2c(c1)OCO2)C(=O)c1cn(CC(=O)N2CCCCC2)c2ccccc12. The molecular weight excluding hydrogens is 410 g/mol. The number of aromatic nitrogens is 1. The molecule has 2 amide bonds. The molecule has 32 heavy (non-hydrogen) atoms. The van der Waals surface area contributed by atoms with E-state index >= 15 is 0 Å². The standard InChI is InChI=1S/C24H23N3O5/c28-22(26-10-4-1-5-11-26)14-27-13-18(17-6-2-3-7-19(17)27)23(29)24(30)25-16-8-9-20-21(12-16)32-15-31-20/h2-3,6-9,12-13H,1,4-5,10-11,14-15H2,(H,25,30). The average Bonchev–Trinajstić information content (AvgIpc) is 3.44. The lowest BCUT2D eigenvalue weighted by Crippen LogP contribution is -2.37. The van der Waals surface area contributed by atoms with Gasteiger partial charge in [-0.3, -0.25) is 14.4 Å². The normalized spacial score (nSPS) is 15.1. The summed E-state index contributed by atoms with van der Waals surface area (Å²) in [6.45, 7) is 1.79. The van der Waals surface area contributed by atoms with E-state index in [1.54, 1.807) is 35.0 Å². The van der Waals surface area contributed by atoms with Gasteiger partial charge in [-0.25, -0.2) is 0 Å². The maximum Gasteiger partial charge on any atom is 0.296 e. The number of ketones is 1. The monoisotopic (exact) mass is 433 g/mol. The smallest absolute Gasteiger partial charge is 0.296 e. The molecule has 8 heteroatoms. The van der Waals surface area contributed by atoms with Crippen molar-refractivity contribution < 1.29 is 23.9 Å². The Morgan fingerprint density at radius 2 is 1.72 bits per heavy atom. The van der Waals surface area contributed by atoms with Crippen LogP contribution in [0.3, 0.4) is 0 Å². The van der Waals surface area contributed by atoms with E-state index in [0.29, 0.717) is 22.6 Å². The van der Waals surface area contributed by atoms with Crippen LogP contribution in [0.1, 0.15) is 29.6 Å². The summed E-state index contributed by atoms with van der Waals surface area (Å²) in [5.41, 5.74) is 1.46. The van der Waals surface area contributed by atoms with Crippen molar-refractivity contribution in [2.24, 2.45) is 0 Å². The van der Waals surface area contributed by atoms with Crippen LogP contribution in [0.4, 0.5) is 5.69 Å². The minimum atomic E-state index is -0.755. The minimum absolute atomic E-state index is 0.0225. The fraction of sp³-hybridized carbons (Fsp3) is 0.292. The van der Waals surface area contributed by atoms with Gasteiger partial charge in [0.25, 0.3) is 11.7 Å². The second-order valence-corrected chi connectivity index (χ2v) is 7.98. The number of nitrogens with zero attached hydrogens (tertiary/aromatic N) is 2. The zero-order valence-corrected chi connectivity index (χ0v) is 17.5. The van der Waals surface area contributed by atoms with Gasteiger partial charge < -0.3 is 24.3 Å². The number of carbonyl (C=O) groups excluding carboxylic acids is 3. The average molecular weight is 433 g/mol. The Morgan fingerprint density at radius 1 is 0.938 bits per heavy atom. The maximum atomic E-state index is 13.0. The Morgan fingerprint density at radius 3 is 2.56 bits per heavy atom. The van der Waals surface area contributed by atoms with E-state index < -0.39 is 11.7 Å². The highest BCUT2D eigenvalue weighted by molar-refractivity contribution is 6.48. The number of Topliss-reactive ketones (excluding diaryl/α,β-unsaturated/α-hetero) is 1. The summed E-state index contributed by atoms with van der Waals surface area (Å²) < 4.78 is 12.3. The number of nitrogens with one attached hydrogen (secondary N) is 1. The summed E-state index contributed by atoms with van der Waals surface area (Å²) in [7, 11) is 0. The summed E-state index contributed by atoms with van der Waals surface area (Å²) in [4.78, 5) is 40.4. The number of para-hydroxylation sites is 1. The molecule has 0 saturated carbocycles. The number of ether oxygens (including phenoxy) is 2. The number of hydrogen-bond acceptors (Lipinski definition) is 5. The Bertz CT molecular complexity index is 1210. The third-order valence-corrected chi connectivity index (χ3v) is 5.88. The second kappa shape index (κ2) is 8.37. The highest BCUT2D eigenvalue weighted by atomic mass is 16.7. The van der Waals surface area contributed by atoms with Crippen molar-refractivity contribution in [1.82, 2.24) is 9.47 Å². The predicted octanol–water partition coefficient (Wildman–Crippen LogP) is 3.20. The minimum Gasteiger partial charge on any atom is -0.454 e. The molecule has 164 valence electrons. The molecule has 2 aliphatic heterocycles. The molecule has 0 atom stereocenters. The molecule has 0 radical (unpaired) electrons. The van der Waals surface area contributed by atoms with E-state index in [-0.39, 0.29) is 24.8 Å². The quantitative estimate of drug-likeness (QED) is 0.493. The van der Waals surface area contributed by atoms with Crippen molar-refractivity contribution in [3.8, 4) is 11.5 Å². The molecule has 2 aromatic carbocycles. The summed E-state index contributed by atoms with van der Waals surface area (Å²) >= 11 is 0. The first-order chi connectivity index (χ1) is 15.6. The molecule has 5 rings (SSSR count). The van der Waals surface area contributed by atoms with Crippen LogP contribution >= 0.6 is 0 Å². The molecule has 1 aromatic heterocycles. The lowest BCUT2D eigenvalue weighted by Gasteiger charge is -2.27. The number of likely N-dealkylation sites (tertiary alicyclic amines) is 1. The van der Waals surface area contributed by atoms with Crippen molar-refractivity contribution >= 4 is 34.2 Å². The number of benzene rings is 2. The predicted molar refractivity (Wildman–Crippen MR) is 118 cm³/mol. The Labute approximate surface area is 184 Å². The molecule has 3 heterocycles. The van der Waals surface area contributed by atoms with Crippen LogP contribution in [-0.2, 0) is 16.1 Å². The van der Waals surface area contributed by atoms with Crippen molar-refractivity contribution in [1.29, 1.82) is 0 Å². The number of anilines is 1. The van der Waals surface area contributed by atoms with Crippen LogP contribution in [0, 0.1) is 0 Å². The van der Waals surface area contributed by atoms with E-state index in [4.69, 9.17) is 9.47 Å². The fourth-order valence-corrected chi connectivity index (χ4v) is 4.23. The van der Waals surface area contributed by atoms with Crippen LogP contribution < -0.4 is 14.8 Å². The number of hydrogen-bond donors (Lipinski definition) is 1. The van der Waals surface area contributed by atoms with Crippen molar-refractivity contribution in [2.45, 2.75) is 25.8 Å². The zero-order chi connectivity index (χ0) is 22.1. The van der Waals surface area contributed by atoms with Gasteiger partial charge >= 0.3 is 0 Å².